The quantitative estimate of drug-likeness (QED) is 0.537. The van der Waals surface area contributed by atoms with E-state index in [1.54, 1.807) is 19.3 Å². The third-order valence-corrected chi connectivity index (χ3v) is 4.40. The molecule has 2 heterocycles. The Morgan fingerprint density at radius 3 is 1.87 bits per heavy atom. The fourth-order valence-corrected chi connectivity index (χ4v) is 2.77. The summed E-state index contributed by atoms with van der Waals surface area (Å²) in [4.78, 5) is 21.8. The summed E-state index contributed by atoms with van der Waals surface area (Å²) < 4.78 is 12.8. The van der Waals surface area contributed by atoms with Gasteiger partial charge in [0.25, 0.3) is 0 Å². The number of rotatable bonds is 1. The van der Waals surface area contributed by atoms with Crippen LogP contribution in [0.1, 0.15) is 11.4 Å². The monoisotopic (exact) mass is 514 g/mol. The van der Waals surface area contributed by atoms with Gasteiger partial charge in [0.1, 0.15) is 0 Å². The number of hydrogen-bond donors (Lipinski definition) is 0. The Morgan fingerprint density at radius 2 is 1.52 bits per heavy atom. The summed E-state index contributed by atoms with van der Waals surface area (Å²) in [5.74, 6) is 0. The number of alkyl halides is 1. The largest absolute Gasteiger partial charge is 0.451 e. The highest BCUT2D eigenvalue weighted by atomic mass is 79.9. The molecule has 126 valence electrons. The Bertz CT molecular complexity index is 679. The molecule has 0 N–H and O–H groups in total. The van der Waals surface area contributed by atoms with E-state index in [-0.39, 0.29) is 0 Å². The second-order valence-electron chi connectivity index (χ2n) is 3.95. The van der Waals surface area contributed by atoms with Gasteiger partial charge in [0.2, 0.25) is 0 Å². The Hall–Kier alpha value is -1.20. The second-order valence-corrected chi connectivity index (χ2v) is 6.22. The summed E-state index contributed by atoms with van der Waals surface area (Å²) in [5.41, 5.74) is 1.52. The lowest BCUT2D eigenvalue weighted by molar-refractivity contribution is 0.168. The molecule has 0 aromatic carbocycles. The number of methoxy groups -OCH3 is 2. The van der Waals surface area contributed by atoms with Gasteiger partial charge in [-0.15, -0.1) is 0 Å². The van der Waals surface area contributed by atoms with Crippen LogP contribution in [-0.4, -0.2) is 46.0 Å². The fourth-order valence-electron chi connectivity index (χ4n) is 1.29. The summed E-state index contributed by atoms with van der Waals surface area (Å²) in [6.07, 6.45) is 2.13. The molecule has 0 unspecified atom stereocenters. The van der Waals surface area contributed by atoms with E-state index in [4.69, 9.17) is 0 Å². The van der Waals surface area contributed by atoms with Crippen LogP contribution in [0.2, 0.25) is 0 Å². The minimum Gasteiger partial charge on any atom is -0.451 e. The van der Waals surface area contributed by atoms with Crippen molar-refractivity contribution in [2.24, 2.45) is 0 Å². The molecule has 2 aromatic rings. The zero-order valence-corrected chi connectivity index (χ0v) is 17.2. The molecule has 0 atom stereocenters. The summed E-state index contributed by atoms with van der Waals surface area (Å²) >= 11 is 9.71. The third-order valence-electron chi connectivity index (χ3n) is 2.43. The van der Waals surface area contributed by atoms with Crippen molar-refractivity contribution < 1.29 is 19.1 Å². The topological polar surface area (TPSA) is 88.2 Å². The molecule has 23 heavy (non-hydrogen) atoms. The van der Waals surface area contributed by atoms with E-state index in [2.05, 4.69) is 67.5 Å². The van der Waals surface area contributed by atoms with Crippen molar-refractivity contribution in [1.82, 2.24) is 19.6 Å². The molecular weight excluding hydrogens is 504 g/mol. The van der Waals surface area contributed by atoms with Gasteiger partial charge in [-0.3, -0.25) is 0 Å². The molecule has 2 rings (SSSR count). The van der Waals surface area contributed by atoms with Crippen LogP contribution in [0.15, 0.2) is 21.3 Å². The maximum Gasteiger partial charge on any atom is 0.434 e. The summed E-state index contributed by atoms with van der Waals surface area (Å²) in [6, 6.07) is 0. The first-order valence-corrected chi connectivity index (χ1v) is 8.73. The van der Waals surface area contributed by atoms with Gasteiger partial charge in [-0.2, -0.15) is 19.6 Å². The molecule has 2 aromatic heterocycles. The molecule has 0 aliphatic heterocycles. The number of aromatic nitrogens is 4. The Morgan fingerprint density at radius 1 is 1.04 bits per heavy atom. The van der Waals surface area contributed by atoms with Crippen molar-refractivity contribution in [3.8, 4) is 0 Å². The molecule has 0 amide bonds. The predicted molar refractivity (Wildman–Crippen MR) is 92.8 cm³/mol. The van der Waals surface area contributed by atoms with Crippen molar-refractivity contribution in [1.29, 1.82) is 0 Å². The van der Waals surface area contributed by atoms with Crippen molar-refractivity contribution in [3.05, 3.63) is 32.7 Å². The molecule has 0 saturated heterocycles. The minimum absolute atomic E-state index is 0.487. The maximum atomic E-state index is 10.9. The van der Waals surface area contributed by atoms with Crippen molar-refractivity contribution in [2.75, 3.05) is 14.2 Å². The standard InChI is InChI=1S/C6H6Br2N2O2.C6H7BrN2O2/c1-12-6(11)10-3-4(8)5(2-7)9-10;1-4-5(7)3-9(8-4)6(10)11-2/h3H,2H2,1H3;3H,1-2H3. The lowest BCUT2D eigenvalue weighted by atomic mass is 10.5. The normalized spacial score (nSPS) is 9.83. The van der Waals surface area contributed by atoms with Crippen molar-refractivity contribution in [3.63, 3.8) is 0 Å². The molecular formula is C12H13Br3N4O4. The van der Waals surface area contributed by atoms with E-state index in [0.29, 0.717) is 5.33 Å². The van der Waals surface area contributed by atoms with E-state index in [1.165, 1.54) is 14.2 Å². The fraction of sp³-hybridized carbons (Fsp3) is 0.333. The Kier molecular flexibility index (Phi) is 7.92. The van der Waals surface area contributed by atoms with Gasteiger partial charge in [-0.25, -0.2) is 9.59 Å². The highest BCUT2D eigenvalue weighted by Crippen LogP contribution is 2.17. The van der Waals surface area contributed by atoms with Gasteiger partial charge < -0.3 is 9.47 Å². The van der Waals surface area contributed by atoms with Crippen LogP contribution in [0.5, 0.6) is 0 Å². The van der Waals surface area contributed by atoms with Crippen LogP contribution in [0.25, 0.3) is 0 Å². The highest BCUT2D eigenvalue weighted by molar-refractivity contribution is 9.11. The smallest absolute Gasteiger partial charge is 0.434 e. The summed E-state index contributed by atoms with van der Waals surface area (Å²) in [5, 5.41) is 8.42. The highest BCUT2D eigenvalue weighted by Gasteiger charge is 2.10. The molecule has 11 heteroatoms. The van der Waals surface area contributed by atoms with Crippen molar-refractivity contribution >= 4 is 60.0 Å². The zero-order chi connectivity index (χ0) is 17.6. The predicted octanol–water partition coefficient (Wildman–Crippen LogP) is 3.72. The number of halogens is 3. The van der Waals surface area contributed by atoms with Crippen molar-refractivity contribution in [2.45, 2.75) is 12.3 Å². The number of carbonyl (C=O) groups is 2. The maximum absolute atomic E-state index is 10.9. The zero-order valence-electron chi connectivity index (χ0n) is 12.4. The van der Waals surface area contributed by atoms with Gasteiger partial charge in [-0.05, 0) is 38.8 Å². The number of aryl methyl sites for hydroxylation is 1. The van der Waals surface area contributed by atoms with Gasteiger partial charge in [0.05, 0.1) is 46.9 Å². The first-order chi connectivity index (χ1) is 10.8. The molecule has 8 nitrogen and oxygen atoms in total. The number of hydrogen-bond acceptors (Lipinski definition) is 6. The minimum atomic E-state index is -0.497. The van der Waals surface area contributed by atoms with Gasteiger partial charge in [0.15, 0.2) is 0 Å². The Balaban J connectivity index is 0.000000231. The molecule has 0 aliphatic rings. The van der Waals surface area contributed by atoms with Gasteiger partial charge in [-0.1, -0.05) is 15.9 Å². The molecule has 0 aliphatic carbocycles. The number of ether oxygens (including phenoxy) is 2. The third kappa shape index (κ3) is 5.43. The number of nitrogens with zero attached hydrogens (tertiary/aromatic N) is 4. The van der Waals surface area contributed by atoms with Crippen LogP contribution in [0, 0.1) is 6.92 Å². The Labute approximate surface area is 157 Å². The van der Waals surface area contributed by atoms with E-state index < -0.39 is 12.2 Å². The first kappa shape index (κ1) is 19.8. The van der Waals surface area contributed by atoms with E-state index in [1.807, 2.05) is 0 Å². The molecule has 0 spiro atoms. The average Bonchev–Trinajstić information content (AvgIpc) is 3.09. The van der Waals surface area contributed by atoms with E-state index >= 15 is 0 Å². The average molecular weight is 517 g/mol. The number of carbonyl (C=O) groups excluding carboxylic acids is 2. The van der Waals surface area contributed by atoms with Gasteiger partial charge >= 0.3 is 12.2 Å². The first-order valence-electron chi connectivity index (χ1n) is 6.02. The lowest BCUT2D eigenvalue weighted by Gasteiger charge is -1.94. The molecule has 0 fully saturated rings. The molecule has 0 bridgehead atoms. The lowest BCUT2D eigenvalue weighted by Crippen LogP contribution is -2.11. The van der Waals surface area contributed by atoms with Gasteiger partial charge in [0, 0.05) is 5.33 Å². The van der Waals surface area contributed by atoms with Crippen LogP contribution in [-0.2, 0) is 14.8 Å². The van der Waals surface area contributed by atoms with Crippen LogP contribution in [0.3, 0.4) is 0 Å². The summed E-state index contributed by atoms with van der Waals surface area (Å²) in [7, 11) is 2.62. The molecule has 0 saturated carbocycles. The van der Waals surface area contributed by atoms with Crippen LogP contribution in [0.4, 0.5) is 9.59 Å². The second kappa shape index (κ2) is 9.18. The van der Waals surface area contributed by atoms with E-state index in [0.717, 1.165) is 29.7 Å². The van der Waals surface area contributed by atoms with Crippen LogP contribution >= 0.6 is 47.8 Å². The van der Waals surface area contributed by atoms with E-state index in [9.17, 15) is 9.59 Å². The van der Waals surface area contributed by atoms with Crippen LogP contribution < -0.4 is 0 Å². The molecule has 0 radical (unpaired) electrons. The SMILES string of the molecule is COC(=O)n1cc(Br)c(C)n1.COC(=O)n1cc(Br)c(CBr)n1. The summed E-state index contributed by atoms with van der Waals surface area (Å²) in [6.45, 7) is 1.80.